The maximum absolute atomic E-state index is 12.9. The fourth-order valence-corrected chi connectivity index (χ4v) is 3.86. The Morgan fingerprint density at radius 3 is 2.23 bits per heavy atom. The first-order valence-electron chi connectivity index (χ1n) is 10.5. The minimum atomic E-state index is -0.567. The van der Waals surface area contributed by atoms with Crippen molar-refractivity contribution >= 4 is 23.6 Å². The summed E-state index contributed by atoms with van der Waals surface area (Å²) in [5, 5.41) is 0. The number of piperidine rings is 1. The highest BCUT2D eigenvalue weighted by Crippen LogP contribution is 2.36. The smallest absolute Gasteiger partial charge is 0.410 e. The van der Waals surface area contributed by atoms with Gasteiger partial charge in [0.2, 0.25) is 0 Å². The van der Waals surface area contributed by atoms with Crippen LogP contribution in [0.4, 0.5) is 10.5 Å². The van der Waals surface area contributed by atoms with E-state index in [1.165, 1.54) is 0 Å². The Balaban J connectivity index is 1.53. The summed E-state index contributed by atoms with van der Waals surface area (Å²) in [5.41, 5.74) is 0.610. The Bertz CT molecular complexity index is 992. The highest BCUT2D eigenvalue weighted by Gasteiger charge is 2.38. The van der Waals surface area contributed by atoms with Crippen LogP contribution in [-0.4, -0.2) is 47.6 Å². The average molecular weight is 422 g/mol. The van der Waals surface area contributed by atoms with Gasteiger partial charge in [-0.3, -0.25) is 9.59 Å². The summed E-state index contributed by atoms with van der Waals surface area (Å²) < 4.78 is 11.7. The Kier molecular flexibility index (Phi) is 5.43. The van der Waals surface area contributed by atoms with Crippen LogP contribution in [0, 0.1) is 0 Å². The van der Waals surface area contributed by atoms with E-state index < -0.39 is 5.60 Å². The zero-order valence-electron chi connectivity index (χ0n) is 18.0. The highest BCUT2D eigenvalue weighted by atomic mass is 16.6. The summed E-state index contributed by atoms with van der Waals surface area (Å²) >= 11 is 0. The summed E-state index contributed by atoms with van der Waals surface area (Å²) in [6.45, 7) is 6.49. The van der Waals surface area contributed by atoms with Crippen LogP contribution in [0.5, 0.6) is 5.75 Å². The minimum Gasteiger partial charge on any atom is -0.486 e. The molecular weight excluding hydrogens is 396 g/mol. The van der Waals surface area contributed by atoms with E-state index >= 15 is 0 Å². The quantitative estimate of drug-likeness (QED) is 0.691. The summed E-state index contributed by atoms with van der Waals surface area (Å²) in [5.74, 6) is -0.292. The maximum atomic E-state index is 12.9. The van der Waals surface area contributed by atoms with Crippen molar-refractivity contribution in [2.75, 3.05) is 18.0 Å². The summed E-state index contributed by atoms with van der Waals surface area (Å²) in [7, 11) is 0. The van der Waals surface area contributed by atoms with Crippen LogP contribution in [0.15, 0.2) is 48.5 Å². The molecule has 0 aromatic heterocycles. The number of carbonyl (C=O) groups is 3. The predicted molar refractivity (Wildman–Crippen MR) is 115 cm³/mol. The van der Waals surface area contributed by atoms with Gasteiger partial charge in [0.25, 0.3) is 11.8 Å². The first-order chi connectivity index (χ1) is 14.7. The summed E-state index contributed by atoms with van der Waals surface area (Å²) in [6.07, 6.45) is 0.904. The van der Waals surface area contributed by atoms with Crippen molar-refractivity contribution < 1.29 is 23.9 Å². The van der Waals surface area contributed by atoms with E-state index in [1.807, 2.05) is 20.8 Å². The second-order valence-electron chi connectivity index (χ2n) is 8.77. The highest BCUT2D eigenvalue weighted by molar-refractivity contribution is 6.34. The largest absolute Gasteiger partial charge is 0.486 e. The Morgan fingerprint density at radius 2 is 1.58 bits per heavy atom. The van der Waals surface area contributed by atoms with Crippen molar-refractivity contribution in [2.45, 2.75) is 45.3 Å². The third-order valence-electron chi connectivity index (χ3n) is 5.22. The van der Waals surface area contributed by atoms with E-state index in [9.17, 15) is 14.4 Å². The normalized spacial score (nSPS) is 18.7. The first-order valence-corrected chi connectivity index (χ1v) is 10.5. The number of benzene rings is 2. The van der Waals surface area contributed by atoms with Crippen LogP contribution in [-0.2, 0) is 4.74 Å². The standard InChI is InChI=1S/C24H26N2O5/c1-24(2,3)31-23(29)25-14-8-9-16(15-25)30-20-13-7-6-12-19(20)26-21(27)17-10-4-5-11-18(17)22(26)28/h4-7,10-13,16H,8-9,14-15H2,1-3H3. The monoisotopic (exact) mass is 422 g/mol. The van der Waals surface area contributed by atoms with Crippen LogP contribution >= 0.6 is 0 Å². The molecule has 2 aromatic carbocycles. The van der Waals surface area contributed by atoms with E-state index in [2.05, 4.69) is 0 Å². The van der Waals surface area contributed by atoms with Gasteiger partial charge in [0.05, 0.1) is 23.4 Å². The molecule has 0 radical (unpaired) electrons. The van der Waals surface area contributed by atoms with Gasteiger partial charge in [0.15, 0.2) is 0 Å². The van der Waals surface area contributed by atoms with Gasteiger partial charge in [-0.05, 0) is 57.9 Å². The lowest BCUT2D eigenvalue weighted by Gasteiger charge is -2.34. The molecule has 0 N–H and O–H groups in total. The zero-order valence-corrected chi connectivity index (χ0v) is 18.0. The number of carbonyl (C=O) groups excluding carboxylic acids is 3. The van der Waals surface area contributed by atoms with Gasteiger partial charge in [-0.25, -0.2) is 9.69 Å². The number of nitrogens with zero attached hydrogens (tertiary/aromatic N) is 2. The zero-order chi connectivity index (χ0) is 22.2. The maximum Gasteiger partial charge on any atom is 0.410 e. The third-order valence-corrected chi connectivity index (χ3v) is 5.22. The molecule has 0 saturated carbocycles. The van der Waals surface area contributed by atoms with Crippen molar-refractivity contribution in [3.63, 3.8) is 0 Å². The average Bonchev–Trinajstić information content (AvgIpc) is 2.98. The molecule has 3 amide bonds. The topological polar surface area (TPSA) is 76.2 Å². The fourth-order valence-electron chi connectivity index (χ4n) is 3.86. The van der Waals surface area contributed by atoms with Crippen LogP contribution in [0.3, 0.4) is 0 Å². The van der Waals surface area contributed by atoms with Crippen molar-refractivity contribution in [3.8, 4) is 5.75 Å². The second-order valence-corrected chi connectivity index (χ2v) is 8.77. The molecule has 1 fully saturated rings. The predicted octanol–water partition coefficient (Wildman–Crippen LogP) is 4.27. The van der Waals surface area contributed by atoms with Crippen molar-refractivity contribution in [1.82, 2.24) is 4.90 Å². The number of fused-ring (bicyclic) bond motifs is 1. The number of hydrogen-bond acceptors (Lipinski definition) is 5. The van der Waals surface area contributed by atoms with E-state index in [0.29, 0.717) is 35.7 Å². The van der Waals surface area contributed by atoms with Gasteiger partial charge in [0, 0.05) is 6.54 Å². The molecule has 1 saturated heterocycles. The van der Waals surface area contributed by atoms with Crippen molar-refractivity contribution in [3.05, 3.63) is 59.7 Å². The SMILES string of the molecule is CC(C)(C)OC(=O)N1CCCC(Oc2ccccc2N2C(=O)c3ccccc3C2=O)C1. The van der Waals surface area contributed by atoms with Gasteiger partial charge in [-0.2, -0.15) is 0 Å². The molecule has 1 unspecified atom stereocenters. The Morgan fingerprint density at radius 1 is 0.968 bits per heavy atom. The number of ether oxygens (including phenoxy) is 2. The Labute approximate surface area is 181 Å². The van der Waals surface area contributed by atoms with E-state index in [1.54, 1.807) is 53.4 Å². The molecule has 162 valence electrons. The Hall–Kier alpha value is -3.35. The van der Waals surface area contributed by atoms with Crippen LogP contribution < -0.4 is 9.64 Å². The number of para-hydroxylation sites is 2. The molecule has 2 aliphatic rings. The minimum absolute atomic E-state index is 0.266. The lowest BCUT2D eigenvalue weighted by Crippen LogP contribution is -2.46. The molecule has 2 aromatic rings. The van der Waals surface area contributed by atoms with Crippen LogP contribution in [0.25, 0.3) is 0 Å². The number of rotatable bonds is 3. The molecule has 7 heteroatoms. The van der Waals surface area contributed by atoms with Gasteiger partial charge >= 0.3 is 6.09 Å². The molecule has 0 bridgehead atoms. The van der Waals surface area contributed by atoms with Gasteiger partial charge in [0.1, 0.15) is 17.5 Å². The summed E-state index contributed by atoms with van der Waals surface area (Å²) in [4.78, 5) is 41.1. The van der Waals surface area contributed by atoms with E-state index in [4.69, 9.17) is 9.47 Å². The molecule has 31 heavy (non-hydrogen) atoms. The number of amides is 3. The molecule has 0 spiro atoms. The molecule has 2 heterocycles. The third kappa shape index (κ3) is 4.26. The molecule has 4 rings (SSSR count). The van der Waals surface area contributed by atoms with Gasteiger partial charge in [-0.1, -0.05) is 24.3 Å². The number of likely N-dealkylation sites (tertiary alicyclic amines) is 1. The molecule has 7 nitrogen and oxygen atoms in total. The molecule has 2 aliphatic heterocycles. The van der Waals surface area contributed by atoms with Crippen LogP contribution in [0.1, 0.15) is 54.3 Å². The molecule has 0 aliphatic carbocycles. The van der Waals surface area contributed by atoms with Crippen LogP contribution in [0.2, 0.25) is 0 Å². The van der Waals surface area contributed by atoms with E-state index in [0.717, 1.165) is 17.7 Å². The first kappa shape index (κ1) is 20.9. The second kappa shape index (κ2) is 8.06. The molecule has 1 atom stereocenters. The van der Waals surface area contributed by atoms with Gasteiger partial charge in [-0.15, -0.1) is 0 Å². The number of anilines is 1. The number of hydrogen-bond donors (Lipinski definition) is 0. The fraction of sp³-hybridized carbons (Fsp3) is 0.375. The van der Waals surface area contributed by atoms with Crippen molar-refractivity contribution in [2.24, 2.45) is 0 Å². The number of imide groups is 1. The summed E-state index contributed by atoms with van der Waals surface area (Å²) in [6, 6.07) is 13.8. The van der Waals surface area contributed by atoms with Gasteiger partial charge < -0.3 is 14.4 Å². The van der Waals surface area contributed by atoms with Crippen molar-refractivity contribution in [1.29, 1.82) is 0 Å². The lowest BCUT2D eigenvalue weighted by atomic mass is 10.1. The molecular formula is C24H26N2O5. The van der Waals surface area contributed by atoms with E-state index in [-0.39, 0.29) is 24.0 Å². The lowest BCUT2D eigenvalue weighted by molar-refractivity contribution is 0.00784.